The molecular weight excluding hydrogens is 228 g/mol. The van der Waals surface area contributed by atoms with E-state index in [1.54, 1.807) is 31.1 Å². The van der Waals surface area contributed by atoms with Gasteiger partial charge in [0.05, 0.1) is 25.1 Å². The summed E-state index contributed by atoms with van der Waals surface area (Å²) >= 11 is 0. The molecule has 2 aromatic heterocycles. The second kappa shape index (κ2) is 4.37. The van der Waals surface area contributed by atoms with Gasteiger partial charge in [-0.05, 0) is 29.3 Å². The molecule has 0 radical (unpaired) electrons. The van der Waals surface area contributed by atoms with Crippen molar-refractivity contribution in [2.24, 2.45) is 0 Å². The molecule has 0 bridgehead atoms. The zero-order valence-electron chi connectivity index (χ0n) is 9.50. The Kier molecular flexibility index (Phi) is 2.57. The highest BCUT2D eigenvalue weighted by atomic mass is 16.3. The van der Waals surface area contributed by atoms with Crippen LogP contribution in [-0.4, -0.2) is 6.29 Å². The highest BCUT2D eigenvalue weighted by molar-refractivity contribution is 5.89. The minimum absolute atomic E-state index is 0.642. The average molecular weight is 238 g/mol. The fourth-order valence-electron chi connectivity index (χ4n) is 1.94. The summed E-state index contributed by atoms with van der Waals surface area (Å²) in [6.07, 6.45) is 7.37. The number of hydrogen-bond donors (Lipinski definition) is 0. The van der Waals surface area contributed by atoms with Crippen molar-refractivity contribution in [3.8, 4) is 22.3 Å². The Hall–Kier alpha value is -2.55. The van der Waals surface area contributed by atoms with Crippen LogP contribution in [-0.2, 0) is 0 Å². The molecule has 0 saturated heterocycles. The third kappa shape index (κ3) is 1.76. The molecule has 0 aliphatic rings. The number of rotatable bonds is 3. The molecule has 0 aliphatic heterocycles. The van der Waals surface area contributed by atoms with E-state index < -0.39 is 0 Å². The molecule has 88 valence electrons. The number of hydrogen-bond acceptors (Lipinski definition) is 3. The van der Waals surface area contributed by atoms with E-state index in [9.17, 15) is 4.79 Å². The summed E-state index contributed by atoms with van der Waals surface area (Å²) in [5, 5.41) is 0. The summed E-state index contributed by atoms with van der Waals surface area (Å²) in [5.74, 6) is 0. The van der Waals surface area contributed by atoms with Crippen LogP contribution in [0.25, 0.3) is 22.3 Å². The van der Waals surface area contributed by atoms with Gasteiger partial charge in [0, 0.05) is 16.7 Å². The molecule has 0 aliphatic carbocycles. The largest absolute Gasteiger partial charge is 0.472 e. The summed E-state index contributed by atoms with van der Waals surface area (Å²) in [6, 6.07) is 9.38. The molecule has 3 rings (SSSR count). The lowest BCUT2D eigenvalue weighted by molar-refractivity contribution is 0.112. The Bertz CT molecular complexity index is 649. The van der Waals surface area contributed by atoms with Crippen molar-refractivity contribution < 1.29 is 13.6 Å². The summed E-state index contributed by atoms with van der Waals surface area (Å²) < 4.78 is 10.1. The van der Waals surface area contributed by atoms with Crippen LogP contribution in [0.4, 0.5) is 0 Å². The Morgan fingerprint density at radius 3 is 2.17 bits per heavy atom. The van der Waals surface area contributed by atoms with E-state index in [-0.39, 0.29) is 0 Å². The third-order valence-corrected chi connectivity index (χ3v) is 2.87. The Labute approximate surface area is 104 Å². The summed E-state index contributed by atoms with van der Waals surface area (Å²) in [5.41, 5.74) is 4.38. The lowest BCUT2D eigenvalue weighted by atomic mass is 9.98. The predicted molar refractivity (Wildman–Crippen MR) is 67.2 cm³/mol. The van der Waals surface area contributed by atoms with Crippen LogP contribution in [0.2, 0.25) is 0 Å². The second-order valence-electron chi connectivity index (χ2n) is 3.94. The predicted octanol–water partition coefficient (Wildman–Crippen LogP) is 4.02. The molecule has 0 N–H and O–H groups in total. The maximum atomic E-state index is 11.1. The Morgan fingerprint density at radius 2 is 1.56 bits per heavy atom. The molecule has 0 saturated carbocycles. The van der Waals surface area contributed by atoms with Crippen molar-refractivity contribution >= 4 is 6.29 Å². The third-order valence-electron chi connectivity index (χ3n) is 2.87. The van der Waals surface area contributed by atoms with Crippen LogP contribution in [0.15, 0.2) is 64.2 Å². The van der Waals surface area contributed by atoms with Crippen molar-refractivity contribution in [1.29, 1.82) is 0 Å². The van der Waals surface area contributed by atoms with Gasteiger partial charge in [-0.25, -0.2) is 0 Å². The molecule has 3 nitrogen and oxygen atoms in total. The van der Waals surface area contributed by atoms with Gasteiger partial charge in [-0.15, -0.1) is 0 Å². The van der Waals surface area contributed by atoms with Crippen molar-refractivity contribution in [2.45, 2.75) is 0 Å². The molecular formula is C15H10O3. The number of furan rings is 2. The summed E-state index contributed by atoms with van der Waals surface area (Å²) in [7, 11) is 0. The minimum atomic E-state index is 0.642. The summed E-state index contributed by atoms with van der Waals surface area (Å²) in [6.45, 7) is 0. The zero-order chi connectivity index (χ0) is 12.4. The van der Waals surface area contributed by atoms with E-state index in [0.29, 0.717) is 5.56 Å². The monoisotopic (exact) mass is 238 g/mol. The van der Waals surface area contributed by atoms with Crippen LogP contribution < -0.4 is 0 Å². The van der Waals surface area contributed by atoms with E-state index in [1.807, 2.05) is 24.3 Å². The number of benzene rings is 1. The quantitative estimate of drug-likeness (QED) is 0.647. The van der Waals surface area contributed by atoms with E-state index >= 15 is 0 Å². The molecule has 0 unspecified atom stereocenters. The topological polar surface area (TPSA) is 43.4 Å². The van der Waals surface area contributed by atoms with Gasteiger partial charge >= 0.3 is 0 Å². The lowest BCUT2D eigenvalue weighted by Gasteiger charge is -2.05. The van der Waals surface area contributed by atoms with Crippen LogP contribution in [0.1, 0.15) is 10.4 Å². The highest BCUT2D eigenvalue weighted by Gasteiger charge is 2.08. The molecule has 1 aromatic carbocycles. The number of aldehydes is 1. The van der Waals surface area contributed by atoms with Crippen LogP contribution in [0, 0.1) is 0 Å². The van der Waals surface area contributed by atoms with E-state index in [4.69, 9.17) is 8.83 Å². The minimum Gasteiger partial charge on any atom is -0.472 e. The molecule has 0 atom stereocenters. The van der Waals surface area contributed by atoms with Crippen LogP contribution in [0.3, 0.4) is 0 Å². The van der Waals surface area contributed by atoms with Crippen LogP contribution >= 0.6 is 0 Å². The maximum absolute atomic E-state index is 11.1. The fraction of sp³-hybridized carbons (Fsp3) is 0. The Morgan fingerprint density at radius 1 is 0.833 bits per heavy atom. The lowest BCUT2D eigenvalue weighted by Crippen LogP contribution is -1.87. The van der Waals surface area contributed by atoms with Gasteiger partial charge in [0.2, 0.25) is 0 Å². The first-order chi connectivity index (χ1) is 8.88. The normalized spacial score (nSPS) is 10.4. The fourth-order valence-corrected chi connectivity index (χ4v) is 1.94. The molecule has 3 heteroatoms. The van der Waals surface area contributed by atoms with Gasteiger partial charge in [0.15, 0.2) is 6.29 Å². The highest BCUT2D eigenvalue weighted by Crippen LogP contribution is 2.29. The van der Waals surface area contributed by atoms with Gasteiger partial charge in [0.25, 0.3) is 0 Å². The van der Waals surface area contributed by atoms with Crippen molar-refractivity contribution in [3.05, 3.63) is 60.9 Å². The van der Waals surface area contributed by atoms with Crippen LogP contribution in [0.5, 0.6) is 0 Å². The molecule has 2 heterocycles. The maximum Gasteiger partial charge on any atom is 0.150 e. The molecule has 0 amide bonds. The zero-order valence-corrected chi connectivity index (χ0v) is 9.50. The molecule has 0 fully saturated rings. The van der Waals surface area contributed by atoms with Crippen molar-refractivity contribution in [3.63, 3.8) is 0 Å². The second-order valence-corrected chi connectivity index (χ2v) is 3.94. The van der Waals surface area contributed by atoms with Gasteiger partial charge in [-0.2, -0.15) is 0 Å². The number of carbonyl (C=O) groups is 1. The smallest absolute Gasteiger partial charge is 0.150 e. The van der Waals surface area contributed by atoms with E-state index in [0.717, 1.165) is 28.5 Å². The first-order valence-corrected chi connectivity index (χ1v) is 5.53. The first-order valence-electron chi connectivity index (χ1n) is 5.53. The van der Waals surface area contributed by atoms with Gasteiger partial charge in [-0.3, -0.25) is 4.79 Å². The summed E-state index contributed by atoms with van der Waals surface area (Å²) in [4.78, 5) is 11.1. The first kappa shape index (κ1) is 10.6. The van der Waals surface area contributed by atoms with Gasteiger partial charge in [0.1, 0.15) is 0 Å². The van der Waals surface area contributed by atoms with Gasteiger partial charge in [-0.1, -0.05) is 12.1 Å². The average Bonchev–Trinajstić information content (AvgIpc) is 3.11. The molecule has 18 heavy (non-hydrogen) atoms. The van der Waals surface area contributed by atoms with E-state index in [2.05, 4.69) is 0 Å². The van der Waals surface area contributed by atoms with Gasteiger partial charge < -0.3 is 8.83 Å². The number of carbonyl (C=O) groups excluding carboxylic acids is 1. The van der Waals surface area contributed by atoms with Crippen molar-refractivity contribution in [1.82, 2.24) is 0 Å². The SMILES string of the molecule is O=Cc1ccc(-c2ccoc2)cc1-c1ccoc1. The Balaban J connectivity index is 2.16. The molecule has 3 aromatic rings. The standard InChI is InChI=1S/C15H10O3/c16-8-12-2-1-11(13-3-5-17-9-13)7-15(12)14-4-6-18-10-14/h1-10H. The van der Waals surface area contributed by atoms with Crippen molar-refractivity contribution in [2.75, 3.05) is 0 Å². The molecule has 0 spiro atoms. The van der Waals surface area contributed by atoms with E-state index in [1.165, 1.54) is 0 Å².